The molecule has 132 valence electrons. The maximum Gasteiger partial charge on any atom is 0.233 e. The van der Waals surface area contributed by atoms with Crippen molar-refractivity contribution in [3.05, 3.63) is 53.7 Å². The van der Waals surface area contributed by atoms with E-state index in [1.807, 2.05) is 54.3 Å². The molecule has 5 nitrogen and oxygen atoms in total. The number of rotatable bonds is 5. The first-order chi connectivity index (χ1) is 12.2. The highest BCUT2D eigenvalue weighted by molar-refractivity contribution is 5.83. The predicted octanol–water partition coefficient (Wildman–Crippen LogP) is 3.35. The summed E-state index contributed by atoms with van der Waals surface area (Å²) in [6.07, 6.45) is 2.56. The van der Waals surface area contributed by atoms with Crippen molar-refractivity contribution in [1.82, 2.24) is 15.1 Å². The minimum atomic E-state index is -0.0540. The van der Waals surface area contributed by atoms with E-state index in [1.54, 1.807) is 0 Å². The van der Waals surface area contributed by atoms with Crippen LogP contribution in [0.15, 0.2) is 42.5 Å². The molecule has 0 N–H and O–H groups in total. The summed E-state index contributed by atoms with van der Waals surface area (Å²) in [5, 5.41) is 8.07. The normalized spacial score (nSPS) is 16.5. The molecular weight excluding hydrogens is 314 g/mol. The smallest absolute Gasteiger partial charge is 0.233 e. The molecule has 0 aliphatic carbocycles. The van der Waals surface area contributed by atoms with Crippen LogP contribution in [0.25, 0.3) is 0 Å². The minimum absolute atomic E-state index is 0.0540. The molecule has 0 unspecified atom stereocenters. The molecule has 1 atom stereocenters. The van der Waals surface area contributed by atoms with Crippen molar-refractivity contribution >= 4 is 5.91 Å². The minimum Gasteiger partial charge on any atom is -0.473 e. The van der Waals surface area contributed by atoms with E-state index in [0.717, 1.165) is 43.6 Å². The molecule has 0 radical (unpaired) electrons. The van der Waals surface area contributed by atoms with Gasteiger partial charge in [-0.2, -0.15) is 5.10 Å². The molecule has 1 aromatic heterocycles. The Labute approximate surface area is 149 Å². The highest BCUT2D eigenvalue weighted by atomic mass is 16.5. The number of likely N-dealkylation sites (tertiary alicyclic amines) is 1. The van der Waals surface area contributed by atoms with Crippen molar-refractivity contribution in [2.24, 2.45) is 0 Å². The summed E-state index contributed by atoms with van der Waals surface area (Å²) in [5.41, 5.74) is 1.97. The van der Waals surface area contributed by atoms with Crippen molar-refractivity contribution < 1.29 is 9.53 Å². The average Bonchev–Trinajstić information content (AvgIpc) is 2.66. The third kappa shape index (κ3) is 4.35. The predicted molar refractivity (Wildman–Crippen MR) is 96.5 cm³/mol. The summed E-state index contributed by atoms with van der Waals surface area (Å²) in [4.78, 5) is 14.9. The molecule has 3 rings (SSSR count). The van der Waals surface area contributed by atoms with Crippen LogP contribution in [0.3, 0.4) is 0 Å². The highest BCUT2D eigenvalue weighted by Crippen LogP contribution is 2.25. The van der Waals surface area contributed by atoms with Gasteiger partial charge in [-0.3, -0.25) is 4.79 Å². The summed E-state index contributed by atoms with van der Waals surface area (Å²) in [6.45, 7) is 5.43. The zero-order chi connectivity index (χ0) is 17.6. The Hall–Kier alpha value is -2.43. The van der Waals surface area contributed by atoms with Crippen LogP contribution in [0.4, 0.5) is 0 Å². The number of aryl methyl sites for hydroxylation is 1. The molecule has 0 bridgehead atoms. The number of piperidine rings is 1. The fourth-order valence-corrected chi connectivity index (χ4v) is 3.27. The fourth-order valence-electron chi connectivity index (χ4n) is 3.27. The van der Waals surface area contributed by atoms with E-state index in [9.17, 15) is 4.79 Å². The molecule has 1 amide bonds. The van der Waals surface area contributed by atoms with Gasteiger partial charge in [0.25, 0.3) is 0 Å². The summed E-state index contributed by atoms with van der Waals surface area (Å²) >= 11 is 0. The second-order valence-electron chi connectivity index (χ2n) is 6.53. The number of hydrogen-bond acceptors (Lipinski definition) is 4. The first-order valence-electron chi connectivity index (χ1n) is 8.98. The highest BCUT2D eigenvalue weighted by Gasteiger charge is 2.29. The van der Waals surface area contributed by atoms with Crippen LogP contribution in [0.2, 0.25) is 0 Å². The quantitative estimate of drug-likeness (QED) is 0.838. The Kier molecular flexibility index (Phi) is 5.64. The molecule has 0 saturated carbocycles. The lowest BCUT2D eigenvalue weighted by molar-refractivity contribution is -0.134. The molecule has 1 aromatic carbocycles. The van der Waals surface area contributed by atoms with Gasteiger partial charge in [-0.15, -0.1) is 5.10 Å². The lowest BCUT2D eigenvalue weighted by Gasteiger charge is -2.34. The maximum atomic E-state index is 12.9. The monoisotopic (exact) mass is 339 g/mol. The van der Waals surface area contributed by atoms with E-state index < -0.39 is 0 Å². The molecule has 1 aliphatic rings. The second-order valence-corrected chi connectivity index (χ2v) is 6.53. The molecule has 2 aromatic rings. The van der Waals surface area contributed by atoms with Crippen molar-refractivity contribution in [2.75, 3.05) is 13.1 Å². The van der Waals surface area contributed by atoms with Crippen molar-refractivity contribution in [2.45, 2.75) is 45.1 Å². The van der Waals surface area contributed by atoms with Gasteiger partial charge in [0.15, 0.2) is 0 Å². The van der Waals surface area contributed by atoms with Crippen LogP contribution in [-0.4, -0.2) is 40.2 Å². The molecule has 1 aliphatic heterocycles. The van der Waals surface area contributed by atoms with Gasteiger partial charge in [0.1, 0.15) is 6.10 Å². The summed E-state index contributed by atoms with van der Waals surface area (Å²) in [5.74, 6) is 0.731. The fraction of sp³-hybridized carbons (Fsp3) is 0.450. The van der Waals surface area contributed by atoms with E-state index in [1.165, 1.54) is 0 Å². The Morgan fingerprint density at radius 3 is 2.48 bits per heavy atom. The number of nitrogens with zero attached hydrogens (tertiary/aromatic N) is 3. The molecule has 25 heavy (non-hydrogen) atoms. The van der Waals surface area contributed by atoms with Gasteiger partial charge in [-0.25, -0.2) is 0 Å². The van der Waals surface area contributed by atoms with Gasteiger partial charge >= 0.3 is 0 Å². The van der Waals surface area contributed by atoms with E-state index in [0.29, 0.717) is 5.88 Å². The van der Waals surface area contributed by atoms with Crippen LogP contribution in [0, 0.1) is 6.92 Å². The molecular formula is C20H25N3O2. The Bertz CT molecular complexity index is 680. The van der Waals surface area contributed by atoms with Crippen LogP contribution in [-0.2, 0) is 4.79 Å². The van der Waals surface area contributed by atoms with Crippen LogP contribution in [0.1, 0.15) is 43.4 Å². The Morgan fingerprint density at radius 1 is 1.16 bits per heavy atom. The zero-order valence-corrected chi connectivity index (χ0v) is 14.9. The number of amides is 1. The molecule has 1 saturated heterocycles. The number of carbonyl (C=O) groups is 1. The SMILES string of the molecule is CC[C@H](C(=O)N1CCC(Oc2ccc(C)nn2)CC1)c1ccccc1. The number of carbonyl (C=O) groups excluding carboxylic acids is 1. The summed E-state index contributed by atoms with van der Waals surface area (Å²) in [7, 11) is 0. The van der Waals surface area contributed by atoms with E-state index >= 15 is 0 Å². The molecule has 1 fully saturated rings. The number of hydrogen-bond donors (Lipinski definition) is 0. The maximum absolute atomic E-state index is 12.9. The van der Waals surface area contributed by atoms with Gasteiger partial charge < -0.3 is 9.64 Å². The van der Waals surface area contributed by atoms with E-state index in [4.69, 9.17) is 4.74 Å². The third-order valence-corrected chi connectivity index (χ3v) is 4.72. The third-order valence-electron chi connectivity index (χ3n) is 4.72. The van der Waals surface area contributed by atoms with Gasteiger partial charge in [-0.1, -0.05) is 37.3 Å². The van der Waals surface area contributed by atoms with Gasteiger partial charge in [0, 0.05) is 32.0 Å². The first-order valence-corrected chi connectivity index (χ1v) is 8.98. The summed E-state index contributed by atoms with van der Waals surface area (Å²) < 4.78 is 5.90. The number of ether oxygens (including phenoxy) is 1. The Morgan fingerprint density at radius 2 is 1.88 bits per heavy atom. The van der Waals surface area contributed by atoms with Crippen LogP contribution >= 0.6 is 0 Å². The molecule has 5 heteroatoms. The number of benzene rings is 1. The average molecular weight is 339 g/mol. The van der Waals surface area contributed by atoms with Crippen molar-refractivity contribution in [1.29, 1.82) is 0 Å². The van der Waals surface area contributed by atoms with Crippen LogP contribution in [0.5, 0.6) is 5.88 Å². The van der Waals surface area contributed by atoms with Gasteiger partial charge in [-0.05, 0) is 25.0 Å². The lowest BCUT2D eigenvalue weighted by Crippen LogP contribution is -2.43. The lowest BCUT2D eigenvalue weighted by atomic mass is 9.94. The number of aromatic nitrogens is 2. The van der Waals surface area contributed by atoms with Crippen molar-refractivity contribution in [3.63, 3.8) is 0 Å². The second kappa shape index (κ2) is 8.10. The zero-order valence-electron chi connectivity index (χ0n) is 14.9. The van der Waals surface area contributed by atoms with E-state index in [-0.39, 0.29) is 17.9 Å². The molecule has 2 heterocycles. The van der Waals surface area contributed by atoms with Crippen molar-refractivity contribution in [3.8, 4) is 5.88 Å². The largest absolute Gasteiger partial charge is 0.473 e. The van der Waals surface area contributed by atoms with E-state index in [2.05, 4.69) is 17.1 Å². The van der Waals surface area contributed by atoms with Gasteiger partial charge in [0.2, 0.25) is 11.8 Å². The topological polar surface area (TPSA) is 55.3 Å². The summed E-state index contributed by atoms with van der Waals surface area (Å²) in [6, 6.07) is 13.8. The standard InChI is InChI=1S/C20H25N3O2/c1-3-18(16-7-5-4-6-8-16)20(24)23-13-11-17(12-14-23)25-19-10-9-15(2)21-22-19/h4-10,17-18H,3,11-14H2,1-2H3/t18-/m0/s1. The molecule has 0 spiro atoms. The van der Waals surface area contributed by atoms with Crippen LogP contribution < -0.4 is 4.74 Å². The first kappa shape index (κ1) is 17.4. The van der Waals surface area contributed by atoms with Gasteiger partial charge in [0.05, 0.1) is 11.6 Å². The Balaban J connectivity index is 1.56.